The van der Waals surface area contributed by atoms with E-state index in [4.69, 9.17) is 0 Å². The maximum absolute atomic E-state index is 4.17. The summed E-state index contributed by atoms with van der Waals surface area (Å²) in [5.74, 6) is 0. The first kappa shape index (κ1) is 11.0. The zero-order chi connectivity index (χ0) is 6.10. The molecule has 3 heteroatoms. The van der Waals surface area contributed by atoms with Crippen LogP contribution in [0.4, 0.5) is 5.69 Å². The molecule has 1 aliphatic rings. The van der Waals surface area contributed by atoms with Crippen LogP contribution >= 0.6 is 0 Å². The van der Waals surface area contributed by atoms with Gasteiger partial charge in [-0.05, 0) is 11.6 Å². The number of benzene rings is 1. The quantitative estimate of drug-likeness (QED) is 0.403. The third-order valence-electron chi connectivity index (χ3n) is 1.53. The summed E-state index contributed by atoms with van der Waals surface area (Å²) in [6, 6.07) is 8.22. The summed E-state index contributed by atoms with van der Waals surface area (Å²) < 4.78 is 0. The first-order chi connectivity index (χ1) is 4.47. The van der Waals surface area contributed by atoms with Gasteiger partial charge in [0.1, 0.15) is 0 Å². The van der Waals surface area contributed by atoms with Crippen molar-refractivity contribution in [3.05, 3.63) is 29.8 Å². The molecule has 0 fully saturated rings. The molecule has 0 amide bonds. The minimum absolute atomic E-state index is 0. The molecule has 1 aliphatic heterocycles. The molecule has 0 bridgehead atoms. The van der Waals surface area contributed by atoms with E-state index >= 15 is 0 Å². The third-order valence-corrected chi connectivity index (χ3v) is 1.53. The van der Waals surface area contributed by atoms with Gasteiger partial charge in [-0.25, -0.2) is 0 Å². The van der Waals surface area contributed by atoms with Gasteiger partial charge in [0, 0.05) is 12.6 Å². The Bertz CT molecular complexity index is 260. The monoisotopic (exact) mass is 151 g/mol. The zero-order valence-electron chi connectivity index (χ0n) is 6.62. The van der Waals surface area contributed by atoms with Crippen LogP contribution in [0.3, 0.4) is 0 Å². The SMILES string of the molecule is C1=Nc2ccccc2C1.[B-].[Na+]. The Balaban J connectivity index is 0.000000500. The van der Waals surface area contributed by atoms with Crippen molar-refractivity contribution in [2.75, 3.05) is 0 Å². The summed E-state index contributed by atoms with van der Waals surface area (Å²) in [5, 5.41) is 0. The number of rotatable bonds is 0. The fraction of sp³-hybridized carbons (Fsp3) is 0.125. The van der Waals surface area contributed by atoms with E-state index in [9.17, 15) is 0 Å². The van der Waals surface area contributed by atoms with Crippen molar-refractivity contribution in [3.8, 4) is 0 Å². The first-order valence-corrected chi connectivity index (χ1v) is 3.07. The van der Waals surface area contributed by atoms with Crippen LogP contribution in [-0.2, 0) is 6.42 Å². The van der Waals surface area contributed by atoms with E-state index in [-0.39, 0.29) is 38.0 Å². The molecule has 1 nitrogen and oxygen atoms in total. The van der Waals surface area contributed by atoms with Crippen molar-refractivity contribution >= 4 is 20.3 Å². The van der Waals surface area contributed by atoms with Gasteiger partial charge in [0.05, 0.1) is 5.69 Å². The van der Waals surface area contributed by atoms with Crippen LogP contribution in [0.5, 0.6) is 0 Å². The molecule has 48 valence electrons. The molecule has 11 heavy (non-hydrogen) atoms. The summed E-state index contributed by atoms with van der Waals surface area (Å²) in [4.78, 5) is 4.17. The summed E-state index contributed by atoms with van der Waals surface area (Å²) in [5.41, 5.74) is 2.48. The van der Waals surface area contributed by atoms with Gasteiger partial charge in [-0.3, -0.25) is 4.99 Å². The van der Waals surface area contributed by atoms with Gasteiger partial charge >= 0.3 is 29.6 Å². The molecular formula is C8H7BNNa. The predicted octanol–water partition coefficient (Wildman–Crippen LogP) is -1.43. The number of para-hydroxylation sites is 1. The molecule has 0 saturated heterocycles. The maximum Gasteiger partial charge on any atom is 1.00 e. The summed E-state index contributed by atoms with van der Waals surface area (Å²) in [7, 11) is 0. The molecule has 0 N–H and O–H groups in total. The molecule has 1 aromatic rings. The summed E-state index contributed by atoms with van der Waals surface area (Å²) >= 11 is 0. The summed E-state index contributed by atoms with van der Waals surface area (Å²) in [6.07, 6.45) is 2.96. The number of nitrogens with zero attached hydrogens (tertiary/aromatic N) is 1. The normalized spacial score (nSPS) is 11.3. The molecule has 0 saturated carbocycles. The van der Waals surface area contributed by atoms with E-state index in [1.165, 1.54) is 5.56 Å². The Hall–Kier alpha value is -0.0451. The molecule has 0 spiro atoms. The second-order valence-electron chi connectivity index (χ2n) is 2.14. The molecule has 0 unspecified atom stereocenters. The number of hydrogen-bond acceptors (Lipinski definition) is 1. The molecule has 1 heterocycles. The Morgan fingerprint density at radius 1 is 1.18 bits per heavy atom. The average Bonchev–Trinajstić information content (AvgIpc) is 2.33. The van der Waals surface area contributed by atoms with Crippen molar-refractivity contribution in [2.24, 2.45) is 4.99 Å². The van der Waals surface area contributed by atoms with Crippen molar-refractivity contribution in [1.82, 2.24) is 0 Å². The van der Waals surface area contributed by atoms with Gasteiger partial charge in [0.25, 0.3) is 0 Å². The molecule has 0 aromatic heterocycles. The van der Waals surface area contributed by atoms with Crippen molar-refractivity contribution in [2.45, 2.75) is 6.42 Å². The Labute approximate surface area is 90.8 Å². The van der Waals surface area contributed by atoms with E-state index in [1.807, 2.05) is 24.4 Å². The molecule has 2 rings (SSSR count). The largest absolute Gasteiger partial charge is 1.00 e. The minimum Gasteiger partial charge on any atom is -1.00 e. The van der Waals surface area contributed by atoms with Gasteiger partial charge in [-0.1, -0.05) is 18.2 Å². The Morgan fingerprint density at radius 2 is 1.91 bits per heavy atom. The number of fused-ring (bicyclic) bond motifs is 1. The molecule has 4 radical (unpaired) electrons. The van der Waals surface area contributed by atoms with E-state index in [1.54, 1.807) is 0 Å². The van der Waals surface area contributed by atoms with E-state index < -0.39 is 0 Å². The van der Waals surface area contributed by atoms with Crippen LogP contribution in [0.2, 0.25) is 0 Å². The fourth-order valence-corrected chi connectivity index (χ4v) is 1.05. The Morgan fingerprint density at radius 3 is 2.64 bits per heavy atom. The average molecular weight is 151 g/mol. The second-order valence-corrected chi connectivity index (χ2v) is 2.14. The molecule has 0 aliphatic carbocycles. The maximum atomic E-state index is 4.17. The molecule has 1 aromatic carbocycles. The van der Waals surface area contributed by atoms with E-state index in [2.05, 4.69) is 11.1 Å². The van der Waals surface area contributed by atoms with Crippen LogP contribution in [0, 0.1) is 0 Å². The van der Waals surface area contributed by atoms with E-state index in [0.717, 1.165) is 12.1 Å². The van der Waals surface area contributed by atoms with Gasteiger partial charge < -0.3 is 8.41 Å². The Kier molecular flexibility index (Phi) is 4.74. The van der Waals surface area contributed by atoms with Crippen molar-refractivity contribution in [3.63, 3.8) is 0 Å². The fourth-order valence-electron chi connectivity index (χ4n) is 1.05. The van der Waals surface area contributed by atoms with Crippen molar-refractivity contribution < 1.29 is 29.6 Å². The van der Waals surface area contributed by atoms with Crippen LogP contribution in [0.1, 0.15) is 5.56 Å². The second kappa shape index (κ2) is 4.76. The topological polar surface area (TPSA) is 12.4 Å². The van der Waals surface area contributed by atoms with E-state index in [0.29, 0.717) is 0 Å². The summed E-state index contributed by atoms with van der Waals surface area (Å²) in [6.45, 7) is 0. The molecular weight excluding hydrogens is 144 g/mol. The molecule has 0 atom stereocenters. The third kappa shape index (κ3) is 2.19. The van der Waals surface area contributed by atoms with Gasteiger partial charge in [0.2, 0.25) is 0 Å². The van der Waals surface area contributed by atoms with Gasteiger partial charge in [0.15, 0.2) is 0 Å². The smallest absolute Gasteiger partial charge is 1.00 e. The minimum atomic E-state index is 0. The van der Waals surface area contributed by atoms with Gasteiger partial charge in [-0.2, -0.15) is 0 Å². The van der Waals surface area contributed by atoms with Crippen LogP contribution in [-0.4, -0.2) is 14.6 Å². The van der Waals surface area contributed by atoms with Gasteiger partial charge in [-0.15, -0.1) is 0 Å². The zero-order valence-corrected chi connectivity index (χ0v) is 8.62. The van der Waals surface area contributed by atoms with Crippen LogP contribution in [0.25, 0.3) is 0 Å². The standard InChI is InChI=1S/C8H7N.B.Na/c1-2-4-8-7(3-1)5-6-9-8;;/h1-4,6H,5H2;;/q;-1;+1. The van der Waals surface area contributed by atoms with Crippen LogP contribution in [0.15, 0.2) is 29.3 Å². The van der Waals surface area contributed by atoms with Crippen molar-refractivity contribution in [1.29, 1.82) is 0 Å². The number of aliphatic imine (C=N–C) groups is 1. The first-order valence-electron chi connectivity index (χ1n) is 3.07. The predicted molar refractivity (Wildman–Crippen MR) is 44.1 cm³/mol. The number of hydrogen-bond donors (Lipinski definition) is 0. The van der Waals surface area contributed by atoms with Crippen LogP contribution < -0.4 is 29.6 Å².